The molecule has 0 saturated heterocycles. The molecule has 120 valence electrons. The topological polar surface area (TPSA) is 93.5 Å². The maximum absolute atomic E-state index is 11.9. The normalized spacial score (nSPS) is 16.5. The number of hydrogen-bond donors (Lipinski definition) is 2. The van der Waals surface area contributed by atoms with Gasteiger partial charge in [0.1, 0.15) is 11.9 Å². The molecule has 2 heterocycles. The second-order valence-corrected chi connectivity index (χ2v) is 5.30. The van der Waals surface area contributed by atoms with Crippen molar-refractivity contribution in [1.82, 2.24) is 10.5 Å². The third-order valence-electron chi connectivity index (χ3n) is 3.62. The minimum Gasteiger partial charge on any atom is -0.371 e. The molecule has 3 rings (SSSR count). The van der Waals surface area contributed by atoms with Crippen LogP contribution in [-0.4, -0.2) is 30.1 Å². The van der Waals surface area contributed by atoms with Crippen LogP contribution in [0.25, 0.3) is 0 Å². The first-order valence-electron chi connectivity index (χ1n) is 7.35. The van der Waals surface area contributed by atoms with E-state index >= 15 is 0 Å². The Morgan fingerprint density at radius 3 is 2.91 bits per heavy atom. The number of anilines is 1. The molecule has 2 N–H and O–H groups in total. The molecule has 2 amide bonds. The van der Waals surface area contributed by atoms with Gasteiger partial charge in [-0.2, -0.15) is 0 Å². The molecule has 0 aliphatic carbocycles. The number of amides is 2. The zero-order chi connectivity index (χ0) is 16.2. The Morgan fingerprint density at radius 2 is 2.13 bits per heavy atom. The molecular formula is C16H17N3O4. The highest BCUT2D eigenvalue weighted by Crippen LogP contribution is 2.26. The SMILES string of the molecule is Cc1cc(NC(=O)C(=O)NCC2OCCc3ccccc32)no1. The Balaban J connectivity index is 1.56. The highest BCUT2D eigenvalue weighted by molar-refractivity contribution is 6.39. The highest BCUT2D eigenvalue weighted by Gasteiger charge is 2.22. The number of carbonyl (C=O) groups excluding carboxylic acids is 2. The van der Waals surface area contributed by atoms with E-state index in [1.165, 1.54) is 11.6 Å². The fraction of sp³-hybridized carbons (Fsp3) is 0.312. The van der Waals surface area contributed by atoms with Crippen molar-refractivity contribution in [3.63, 3.8) is 0 Å². The van der Waals surface area contributed by atoms with E-state index in [1.54, 1.807) is 6.92 Å². The van der Waals surface area contributed by atoms with Crippen LogP contribution in [0.3, 0.4) is 0 Å². The summed E-state index contributed by atoms with van der Waals surface area (Å²) >= 11 is 0. The van der Waals surface area contributed by atoms with Gasteiger partial charge in [-0.3, -0.25) is 14.9 Å². The molecule has 0 bridgehead atoms. The van der Waals surface area contributed by atoms with Crippen LogP contribution in [0.1, 0.15) is 23.0 Å². The molecule has 7 nitrogen and oxygen atoms in total. The lowest BCUT2D eigenvalue weighted by Crippen LogP contribution is -2.39. The van der Waals surface area contributed by atoms with Gasteiger partial charge in [0.05, 0.1) is 6.61 Å². The van der Waals surface area contributed by atoms with E-state index in [4.69, 9.17) is 9.26 Å². The molecule has 0 fully saturated rings. The predicted octanol–water partition coefficient (Wildman–Crippen LogP) is 1.35. The van der Waals surface area contributed by atoms with Crippen molar-refractivity contribution in [1.29, 1.82) is 0 Å². The van der Waals surface area contributed by atoms with Gasteiger partial charge in [-0.25, -0.2) is 0 Å². The van der Waals surface area contributed by atoms with Crippen molar-refractivity contribution in [3.05, 3.63) is 47.2 Å². The molecule has 0 spiro atoms. The summed E-state index contributed by atoms with van der Waals surface area (Å²) in [7, 11) is 0. The van der Waals surface area contributed by atoms with Gasteiger partial charge in [0.15, 0.2) is 5.82 Å². The van der Waals surface area contributed by atoms with Crippen molar-refractivity contribution in [2.75, 3.05) is 18.5 Å². The minimum atomic E-state index is -0.789. The van der Waals surface area contributed by atoms with E-state index in [2.05, 4.69) is 15.8 Å². The maximum atomic E-state index is 11.9. The number of carbonyl (C=O) groups is 2. The van der Waals surface area contributed by atoms with Crippen molar-refractivity contribution < 1.29 is 18.8 Å². The van der Waals surface area contributed by atoms with E-state index in [0.29, 0.717) is 12.4 Å². The van der Waals surface area contributed by atoms with Gasteiger partial charge in [0.25, 0.3) is 0 Å². The quantitative estimate of drug-likeness (QED) is 0.834. The van der Waals surface area contributed by atoms with Crippen molar-refractivity contribution in [2.45, 2.75) is 19.4 Å². The Morgan fingerprint density at radius 1 is 1.30 bits per heavy atom. The van der Waals surface area contributed by atoms with E-state index in [1.807, 2.05) is 24.3 Å². The molecule has 1 atom stereocenters. The lowest BCUT2D eigenvalue weighted by Gasteiger charge is -2.26. The number of benzene rings is 1. The summed E-state index contributed by atoms with van der Waals surface area (Å²) < 4.78 is 10.5. The van der Waals surface area contributed by atoms with E-state index in [9.17, 15) is 9.59 Å². The van der Waals surface area contributed by atoms with Crippen molar-refractivity contribution in [2.24, 2.45) is 0 Å². The molecule has 1 aliphatic rings. The standard InChI is InChI=1S/C16H17N3O4/c1-10-8-14(19-23-10)18-16(21)15(20)17-9-13-12-5-3-2-4-11(12)6-7-22-13/h2-5,8,13H,6-7,9H2,1H3,(H,17,20)(H,18,19,21). The number of nitrogens with one attached hydrogen (secondary N) is 2. The van der Waals surface area contributed by atoms with Gasteiger partial charge in [0, 0.05) is 12.6 Å². The van der Waals surface area contributed by atoms with E-state index < -0.39 is 11.8 Å². The van der Waals surface area contributed by atoms with Gasteiger partial charge >= 0.3 is 11.8 Å². The number of rotatable bonds is 3. The fourth-order valence-corrected chi connectivity index (χ4v) is 2.51. The molecule has 1 aliphatic heterocycles. The van der Waals surface area contributed by atoms with Gasteiger partial charge in [-0.1, -0.05) is 29.4 Å². The van der Waals surface area contributed by atoms with Gasteiger partial charge < -0.3 is 14.6 Å². The summed E-state index contributed by atoms with van der Waals surface area (Å²) in [6, 6.07) is 9.47. The van der Waals surface area contributed by atoms with Crippen molar-refractivity contribution in [3.8, 4) is 0 Å². The third kappa shape index (κ3) is 3.57. The summed E-state index contributed by atoms with van der Waals surface area (Å²) in [6.45, 7) is 2.53. The monoisotopic (exact) mass is 315 g/mol. The number of hydrogen-bond acceptors (Lipinski definition) is 5. The molecule has 7 heteroatoms. The molecule has 2 aromatic rings. The van der Waals surface area contributed by atoms with Crippen LogP contribution >= 0.6 is 0 Å². The zero-order valence-electron chi connectivity index (χ0n) is 12.7. The smallest absolute Gasteiger partial charge is 0.314 e. The van der Waals surface area contributed by atoms with Crippen molar-refractivity contribution >= 4 is 17.6 Å². The molecule has 1 aromatic carbocycles. The first kappa shape index (κ1) is 15.2. The van der Waals surface area contributed by atoms with Crippen LogP contribution < -0.4 is 10.6 Å². The minimum absolute atomic E-state index is 0.210. The fourth-order valence-electron chi connectivity index (χ4n) is 2.51. The zero-order valence-corrected chi connectivity index (χ0v) is 12.7. The second-order valence-electron chi connectivity index (χ2n) is 5.30. The van der Waals surface area contributed by atoms with E-state index in [0.717, 1.165) is 12.0 Å². The first-order valence-corrected chi connectivity index (χ1v) is 7.35. The molecule has 23 heavy (non-hydrogen) atoms. The van der Waals surface area contributed by atoms with Gasteiger partial charge in [-0.15, -0.1) is 0 Å². The lowest BCUT2D eigenvalue weighted by molar-refractivity contribution is -0.136. The first-order chi connectivity index (χ1) is 11.1. The number of nitrogens with zero attached hydrogens (tertiary/aromatic N) is 1. The Hall–Kier alpha value is -2.67. The predicted molar refractivity (Wildman–Crippen MR) is 81.7 cm³/mol. The summed E-state index contributed by atoms with van der Waals surface area (Å²) in [5.74, 6) is -0.769. The van der Waals surface area contributed by atoms with Crippen LogP contribution in [0.4, 0.5) is 5.82 Å². The average molecular weight is 315 g/mol. The summed E-state index contributed by atoms with van der Waals surface area (Å²) in [5.41, 5.74) is 2.26. The van der Waals surface area contributed by atoms with Crippen LogP contribution in [0.5, 0.6) is 0 Å². The molecule has 0 radical (unpaired) electrons. The van der Waals surface area contributed by atoms with Crippen LogP contribution in [0.15, 0.2) is 34.9 Å². The molecule has 0 saturated carbocycles. The number of aromatic nitrogens is 1. The summed E-state index contributed by atoms with van der Waals surface area (Å²) in [6.07, 6.45) is 0.609. The van der Waals surface area contributed by atoms with Crippen LogP contribution in [0, 0.1) is 6.92 Å². The molecule has 1 aromatic heterocycles. The van der Waals surface area contributed by atoms with Crippen LogP contribution in [-0.2, 0) is 20.7 Å². The van der Waals surface area contributed by atoms with Gasteiger partial charge in [0.2, 0.25) is 0 Å². The average Bonchev–Trinajstić information content (AvgIpc) is 2.97. The maximum Gasteiger partial charge on any atom is 0.314 e. The Bertz CT molecular complexity index is 726. The van der Waals surface area contributed by atoms with Gasteiger partial charge in [-0.05, 0) is 24.5 Å². The molecular weight excluding hydrogens is 298 g/mol. The van der Waals surface area contributed by atoms with Crippen LogP contribution in [0.2, 0.25) is 0 Å². The summed E-state index contributed by atoms with van der Waals surface area (Å²) in [4.78, 5) is 23.7. The number of fused-ring (bicyclic) bond motifs is 1. The van der Waals surface area contributed by atoms with E-state index in [-0.39, 0.29) is 18.5 Å². The third-order valence-corrected chi connectivity index (χ3v) is 3.62. The number of aryl methyl sites for hydroxylation is 1. The second kappa shape index (κ2) is 6.62. The number of ether oxygens (including phenoxy) is 1. The largest absolute Gasteiger partial charge is 0.371 e. The Labute approximate surface area is 133 Å². The highest BCUT2D eigenvalue weighted by atomic mass is 16.5. The molecule has 1 unspecified atom stereocenters. The summed E-state index contributed by atoms with van der Waals surface area (Å²) in [5, 5.41) is 8.56. The Kier molecular flexibility index (Phi) is 4.38. The lowest BCUT2D eigenvalue weighted by atomic mass is 9.97.